The number of aliphatic carboxylic acids is 1. The van der Waals surface area contributed by atoms with Crippen LogP contribution in [0.3, 0.4) is 0 Å². The van der Waals surface area contributed by atoms with Crippen LogP contribution in [-0.4, -0.2) is 26.7 Å². The maximum atomic E-state index is 12.9. The van der Waals surface area contributed by atoms with Gasteiger partial charge in [0.2, 0.25) is 0 Å². The summed E-state index contributed by atoms with van der Waals surface area (Å²) in [7, 11) is 0. The Bertz CT molecular complexity index is 1040. The number of hydrogen-bond donors (Lipinski definition) is 2. The van der Waals surface area contributed by atoms with E-state index in [-0.39, 0.29) is 32.2 Å². The van der Waals surface area contributed by atoms with E-state index in [2.05, 4.69) is 0 Å². The van der Waals surface area contributed by atoms with Gasteiger partial charge in [0.1, 0.15) is 5.75 Å². The van der Waals surface area contributed by atoms with Crippen LogP contribution >= 0.6 is 22.9 Å². The number of hydrogen-bond acceptors (Lipinski definition) is 4. The lowest BCUT2D eigenvalue weighted by molar-refractivity contribution is -0.136. The van der Waals surface area contributed by atoms with Gasteiger partial charge in [-0.2, -0.15) is 0 Å². The molecule has 136 valence electrons. The summed E-state index contributed by atoms with van der Waals surface area (Å²) in [5.41, 5.74) is 0.975. The second kappa shape index (κ2) is 6.69. The summed E-state index contributed by atoms with van der Waals surface area (Å²) < 4.78 is 26.8. The first kappa shape index (κ1) is 18.3. The Balaban J connectivity index is 2.25. The fourth-order valence-electron chi connectivity index (χ4n) is 2.86. The van der Waals surface area contributed by atoms with Crippen LogP contribution in [0.15, 0.2) is 23.6 Å². The zero-order valence-corrected chi connectivity index (χ0v) is 14.9. The molecule has 2 N–H and O–H groups in total. The van der Waals surface area contributed by atoms with Crippen LogP contribution in [0.1, 0.15) is 32.9 Å². The molecule has 0 atom stereocenters. The normalized spacial score (nSPS) is 11.4. The lowest BCUT2D eigenvalue weighted by Gasteiger charge is -2.06. The Kier molecular flexibility index (Phi) is 4.72. The van der Waals surface area contributed by atoms with Crippen LogP contribution in [0.5, 0.6) is 5.75 Å². The number of phenolic OH excluding ortho intramolecular Hbond substituents is 1. The molecule has 2 heterocycles. The van der Waals surface area contributed by atoms with Crippen LogP contribution in [0.4, 0.5) is 8.78 Å². The van der Waals surface area contributed by atoms with Gasteiger partial charge in [0.25, 0.3) is 12.3 Å². The summed E-state index contributed by atoms with van der Waals surface area (Å²) in [4.78, 5) is 23.9. The molecule has 0 aliphatic heterocycles. The van der Waals surface area contributed by atoms with Crippen molar-refractivity contribution in [3.05, 3.63) is 50.3 Å². The first-order chi connectivity index (χ1) is 12.2. The fraction of sp³-hybridized carbons (Fsp3) is 0.176. The van der Waals surface area contributed by atoms with E-state index < -0.39 is 24.7 Å². The molecule has 9 heteroatoms. The molecule has 3 rings (SSSR count). The molecule has 3 aromatic rings. The number of benzene rings is 1. The first-order valence-electron chi connectivity index (χ1n) is 7.36. The molecule has 0 bridgehead atoms. The average molecular weight is 400 g/mol. The summed E-state index contributed by atoms with van der Waals surface area (Å²) >= 11 is 6.90. The maximum absolute atomic E-state index is 12.9. The standard InChI is InChI=1S/C17H12ClF2NO4S/c1-7-9(5-13(23)24)14-10(2-3-11(22)15(14)18)21(7)17(25)8-4-12(16(19)20)26-6-8/h2-4,6,16,22H,5H2,1H3,(H,23,24). The van der Waals surface area contributed by atoms with E-state index in [1.54, 1.807) is 6.92 Å². The van der Waals surface area contributed by atoms with Crippen molar-refractivity contribution in [3.8, 4) is 5.75 Å². The average Bonchev–Trinajstić information content (AvgIpc) is 3.15. The smallest absolute Gasteiger partial charge is 0.307 e. The van der Waals surface area contributed by atoms with Crippen LogP contribution < -0.4 is 0 Å². The van der Waals surface area contributed by atoms with Crippen LogP contribution in [-0.2, 0) is 11.2 Å². The molecule has 0 radical (unpaired) electrons. The molecule has 0 aliphatic carbocycles. The third-order valence-corrected chi connectivity index (χ3v) is 5.35. The van der Waals surface area contributed by atoms with Gasteiger partial charge in [0.05, 0.1) is 27.4 Å². The first-order valence-corrected chi connectivity index (χ1v) is 8.62. The number of aromatic nitrogens is 1. The van der Waals surface area contributed by atoms with E-state index in [9.17, 15) is 23.5 Å². The number of nitrogens with zero attached hydrogens (tertiary/aromatic N) is 1. The zero-order valence-electron chi connectivity index (χ0n) is 13.3. The van der Waals surface area contributed by atoms with E-state index in [1.165, 1.54) is 22.1 Å². The lowest BCUT2D eigenvalue weighted by atomic mass is 10.1. The minimum Gasteiger partial charge on any atom is -0.506 e. The van der Waals surface area contributed by atoms with Crippen molar-refractivity contribution in [2.24, 2.45) is 0 Å². The summed E-state index contributed by atoms with van der Waals surface area (Å²) in [6, 6.07) is 3.84. The van der Waals surface area contributed by atoms with Crippen molar-refractivity contribution < 1.29 is 28.6 Å². The van der Waals surface area contributed by atoms with E-state index >= 15 is 0 Å². The van der Waals surface area contributed by atoms with Gasteiger partial charge in [-0.05, 0) is 30.7 Å². The molecule has 0 unspecified atom stereocenters. The summed E-state index contributed by atoms with van der Waals surface area (Å²) in [5, 5.41) is 20.5. The molecule has 26 heavy (non-hydrogen) atoms. The molecule has 0 spiro atoms. The molecule has 0 amide bonds. The second-order valence-electron chi connectivity index (χ2n) is 5.61. The van der Waals surface area contributed by atoms with Crippen molar-refractivity contribution in [2.75, 3.05) is 0 Å². The number of carboxylic acid groups (broad SMARTS) is 1. The SMILES string of the molecule is Cc1c(CC(=O)O)c2c(Cl)c(O)ccc2n1C(=O)c1csc(C(F)F)c1. The Labute approximate surface area is 155 Å². The number of thiophene rings is 1. The minimum absolute atomic E-state index is 0.0630. The van der Waals surface area contributed by atoms with Gasteiger partial charge < -0.3 is 10.2 Å². The van der Waals surface area contributed by atoms with Gasteiger partial charge in [-0.3, -0.25) is 14.2 Å². The quantitative estimate of drug-likeness (QED) is 0.670. The van der Waals surface area contributed by atoms with Gasteiger partial charge in [0.15, 0.2) is 0 Å². The van der Waals surface area contributed by atoms with Crippen molar-refractivity contribution in [3.63, 3.8) is 0 Å². The molecular formula is C17H12ClF2NO4S. The predicted octanol–water partition coefficient (Wildman–Crippen LogP) is 4.62. The van der Waals surface area contributed by atoms with Crippen molar-refractivity contribution >= 4 is 45.7 Å². The largest absolute Gasteiger partial charge is 0.506 e. The second-order valence-corrected chi connectivity index (χ2v) is 6.93. The minimum atomic E-state index is -2.68. The predicted molar refractivity (Wildman–Crippen MR) is 93.7 cm³/mol. The molecule has 2 aromatic heterocycles. The number of carbonyl (C=O) groups excluding carboxylic acids is 1. The number of halogens is 3. The highest BCUT2D eigenvalue weighted by atomic mass is 35.5. The van der Waals surface area contributed by atoms with Crippen molar-refractivity contribution in [1.82, 2.24) is 4.57 Å². The Hall–Kier alpha value is -2.45. The fourth-order valence-corrected chi connectivity index (χ4v) is 3.87. The van der Waals surface area contributed by atoms with Crippen LogP contribution in [0.2, 0.25) is 5.02 Å². The molecule has 0 aliphatic rings. The van der Waals surface area contributed by atoms with Gasteiger partial charge in [-0.15, -0.1) is 11.3 Å². The summed E-state index contributed by atoms with van der Waals surface area (Å²) in [6.45, 7) is 1.55. The summed E-state index contributed by atoms with van der Waals surface area (Å²) in [5.74, 6) is -1.95. The number of carboxylic acids is 1. The van der Waals surface area contributed by atoms with Gasteiger partial charge in [0, 0.05) is 16.5 Å². The number of carbonyl (C=O) groups is 2. The van der Waals surface area contributed by atoms with Gasteiger partial charge in [-0.1, -0.05) is 11.6 Å². The number of fused-ring (bicyclic) bond motifs is 1. The Morgan fingerprint density at radius 2 is 2.04 bits per heavy atom. The molecule has 0 fully saturated rings. The van der Waals surface area contributed by atoms with E-state index in [0.717, 1.165) is 17.4 Å². The molecular weight excluding hydrogens is 388 g/mol. The highest BCUT2D eigenvalue weighted by Crippen LogP contribution is 2.38. The number of rotatable bonds is 4. The van der Waals surface area contributed by atoms with Gasteiger partial charge >= 0.3 is 5.97 Å². The van der Waals surface area contributed by atoms with E-state index in [0.29, 0.717) is 11.2 Å². The number of aromatic hydroxyl groups is 1. The van der Waals surface area contributed by atoms with E-state index in [4.69, 9.17) is 16.7 Å². The highest BCUT2D eigenvalue weighted by Gasteiger charge is 2.25. The number of phenols is 1. The highest BCUT2D eigenvalue weighted by molar-refractivity contribution is 7.10. The van der Waals surface area contributed by atoms with Gasteiger partial charge in [-0.25, -0.2) is 8.78 Å². The number of alkyl halides is 2. The van der Waals surface area contributed by atoms with E-state index in [1.807, 2.05) is 0 Å². The summed E-state index contributed by atoms with van der Waals surface area (Å²) in [6.07, 6.45) is -3.09. The molecule has 5 nitrogen and oxygen atoms in total. The third-order valence-electron chi connectivity index (χ3n) is 4.03. The third kappa shape index (κ3) is 2.95. The lowest BCUT2D eigenvalue weighted by Crippen LogP contribution is -2.13. The van der Waals surface area contributed by atoms with Crippen molar-refractivity contribution in [1.29, 1.82) is 0 Å². The zero-order chi connectivity index (χ0) is 19.2. The molecule has 1 aromatic carbocycles. The van der Waals surface area contributed by atoms with Crippen LogP contribution in [0, 0.1) is 6.92 Å². The Morgan fingerprint density at radius 1 is 1.35 bits per heavy atom. The monoisotopic (exact) mass is 399 g/mol. The maximum Gasteiger partial charge on any atom is 0.307 e. The molecule has 0 saturated carbocycles. The van der Waals surface area contributed by atoms with Crippen LogP contribution in [0.25, 0.3) is 10.9 Å². The molecule has 0 saturated heterocycles. The van der Waals surface area contributed by atoms with Crippen molar-refractivity contribution in [2.45, 2.75) is 19.8 Å². The Morgan fingerprint density at radius 3 is 2.62 bits per heavy atom. The topological polar surface area (TPSA) is 79.5 Å².